The summed E-state index contributed by atoms with van der Waals surface area (Å²) in [6, 6.07) is 4.33. The molecule has 0 spiro atoms. The highest BCUT2D eigenvalue weighted by molar-refractivity contribution is 5.55. The zero-order valence-corrected chi connectivity index (χ0v) is 12.0. The Morgan fingerprint density at radius 3 is 3.05 bits per heavy atom. The second-order valence-electron chi connectivity index (χ2n) is 5.25. The fourth-order valence-electron chi connectivity index (χ4n) is 2.69. The first-order chi connectivity index (χ1) is 9.78. The summed E-state index contributed by atoms with van der Waals surface area (Å²) in [6.45, 7) is 4.07. The maximum absolute atomic E-state index is 5.69. The van der Waals surface area contributed by atoms with Gasteiger partial charge in [0, 0.05) is 19.2 Å². The molecule has 5 nitrogen and oxygen atoms in total. The van der Waals surface area contributed by atoms with Crippen molar-refractivity contribution < 1.29 is 18.9 Å². The quantitative estimate of drug-likeness (QED) is 0.894. The molecule has 0 saturated carbocycles. The molecule has 0 aromatic heterocycles. The van der Waals surface area contributed by atoms with E-state index in [9.17, 15) is 0 Å². The predicted octanol–water partition coefficient (Wildman–Crippen LogP) is 2.08. The van der Waals surface area contributed by atoms with Gasteiger partial charge in [-0.05, 0) is 37.5 Å². The van der Waals surface area contributed by atoms with Gasteiger partial charge in [0.05, 0.1) is 13.2 Å². The molecule has 1 aromatic rings. The van der Waals surface area contributed by atoms with E-state index in [1.54, 1.807) is 7.11 Å². The smallest absolute Gasteiger partial charge is 0.231 e. The normalized spacial score (nSPS) is 22.0. The summed E-state index contributed by atoms with van der Waals surface area (Å²) < 4.78 is 21.9. The van der Waals surface area contributed by atoms with Crippen LogP contribution in [0.5, 0.6) is 17.2 Å². The van der Waals surface area contributed by atoms with Crippen LogP contribution in [0.3, 0.4) is 0 Å². The summed E-state index contributed by atoms with van der Waals surface area (Å²) in [5.41, 5.74) is 1.12. The van der Waals surface area contributed by atoms with Gasteiger partial charge in [0.2, 0.25) is 12.5 Å². The number of hydrogen-bond donors (Lipinski definition) is 1. The van der Waals surface area contributed by atoms with Crippen molar-refractivity contribution in [3.05, 3.63) is 17.7 Å². The van der Waals surface area contributed by atoms with E-state index in [0.717, 1.165) is 43.1 Å². The second kappa shape index (κ2) is 5.89. The lowest BCUT2D eigenvalue weighted by Crippen LogP contribution is -2.36. The van der Waals surface area contributed by atoms with Crippen LogP contribution in [0.15, 0.2) is 12.1 Å². The van der Waals surface area contributed by atoms with E-state index in [1.165, 1.54) is 0 Å². The third-order valence-electron chi connectivity index (χ3n) is 3.87. The van der Waals surface area contributed by atoms with Crippen LogP contribution < -0.4 is 19.5 Å². The van der Waals surface area contributed by atoms with E-state index >= 15 is 0 Å². The van der Waals surface area contributed by atoms with E-state index < -0.39 is 0 Å². The standard InChI is InChI=1S/C15H21NO4/c1-10(12-4-3-5-18-12)16-8-11-6-13(17-2)15-14(7-11)19-9-20-15/h6-7,10,12,16H,3-5,8-9H2,1-2H3. The first-order valence-electron chi connectivity index (χ1n) is 7.09. The molecule has 1 saturated heterocycles. The summed E-state index contributed by atoms with van der Waals surface area (Å²) in [5.74, 6) is 2.18. The van der Waals surface area contributed by atoms with E-state index in [-0.39, 0.29) is 6.79 Å². The average Bonchev–Trinajstić information content (AvgIpc) is 3.14. The fourth-order valence-corrected chi connectivity index (χ4v) is 2.69. The van der Waals surface area contributed by atoms with Gasteiger partial charge in [-0.2, -0.15) is 0 Å². The summed E-state index contributed by atoms with van der Waals surface area (Å²) in [4.78, 5) is 0. The zero-order chi connectivity index (χ0) is 13.9. The van der Waals surface area contributed by atoms with Gasteiger partial charge >= 0.3 is 0 Å². The molecular weight excluding hydrogens is 258 g/mol. The molecule has 2 unspecified atom stereocenters. The van der Waals surface area contributed by atoms with Gasteiger partial charge in [-0.3, -0.25) is 0 Å². The number of ether oxygens (including phenoxy) is 4. The molecule has 1 fully saturated rings. The first kappa shape index (κ1) is 13.5. The molecule has 2 atom stereocenters. The molecule has 0 radical (unpaired) electrons. The van der Waals surface area contributed by atoms with Gasteiger partial charge in [-0.25, -0.2) is 0 Å². The SMILES string of the molecule is COc1cc(CNC(C)C2CCCO2)cc2c1OCO2. The Bertz CT molecular complexity index is 471. The summed E-state index contributed by atoms with van der Waals surface area (Å²) >= 11 is 0. The van der Waals surface area contributed by atoms with Crippen LogP contribution in [-0.2, 0) is 11.3 Å². The molecule has 0 amide bonds. The molecule has 110 valence electrons. The highest BCUT2D eigenvalue weighted by Crippen LogP contribution is 2.41. The summed E-state index contributed by atoms with van der Waals surface area (Å²) in [7, 11) is 1.64. The van der Waals surface area contributed by atoms with Crippen molar-refractivity contribution >= 4 is 0 Å². The molecule has 1 N–H and O–H groups in total. The van der Waals surface area contributed by atoms with Crippen molar-refractivity contribution in [3.63, 3.8) is 0 Å². The monoisotopic (exact) mass is 279 g/mol. The number of methoxy groups -OCH3 is 1. The lowest BCUT2D eigenvalue weighted by molar-refractivity contribution is 0.0832. The number of fused-ring (bicyclic) bond motifs is 1. The number of benzene rings is 1. The van der Waals surface area contributed by atoms with Crippen molar-refractivity contribution in [2.45, 2.75) is 38.5 Å². The lowest BCUT2D eigenvalue weighted by Gasteiger charge is -2.20. The van der Waals surface area contributed by atoms with Gasteiger partial charge in [0.1, 0.15) is 0 Å². The Morgan fingerprint density at radius 2 is 2.30 bits per heavy atom. The molecule has 1 aromatic carbocycles. The van der Waals surface area contributed by atoms with Crippen molar-refractivity contribution in [3.8, 4) is 17.2 Å². The van der Waals surface area contributed by atoms with Crippen molar-refractivity contribution in [1.82, 2.24) is 5.32 Å². The topological polar surface area (TPSA) is 49.0 Å². The largest absolute Gasteiger partial charge is 0.493 e. The van der Waals surface area contributed by atoms with Crippen LogP contribution in [0.1, 0.15) is 25.3 Å². The van der Waals surface area contributed by atoms with E-state index in [4.69, 9.17) is 18.9 Å². The predicted molar refractivity (Wildman–Crippen MR) is 74.4 cm³/mol. The Morgan fingerprint density at radius 1 is 1.40 bits per heavy atom. The first-order valence-corrected chi connectivity index (χ1v) is 7.09. The van der Waals surface area contributed by atoms with Crippen molar-refractivity contribution in [2.75, 3.05) is 20.5 Å². The Labute approximate surface area is 119 Å². The Hall–Kier alpha value is -1.46. The molecule has 5 heteroatoms. The van der Waals surface area contributed by atoms with E-state index in [2.05, 4.69) is 12.2 Å². The fraction of sp³-hybridized carbons (Fsp3) is 0.600. The minimum atomic E-state index is 0.259. The number of nitrogens with one attached hydrogen (secondary N) is 1. The summed E-state index contributed by atoms with van der Waals surface area (Å²) in [6.07, 6.45) is 2.62. The third kappa shape index (κ3) is 2.69. The molecule has 20 heavy (non-hydrogen) atoms. The van der Waals surface area contributed by atoms with Gasteiger partial charge in [0.25, 0.3) is 0 Å². The Kier molecular flexibility index (Phi) is 3.98. The molecule has 2 aliphatic heterocycles. The summed E-state index contributed by atoms with van der Waals surface area (Å²) in [5, 5.41) is 3.51. The van der Waals surface area contributed by atoms with Crippen LogP contribution in [-0.4, -0.2) is 32.7 Å². The van der Waals surface area contributed by atoms with Crippen LogP contribution in [0, 0.1) is 0 Å². The maximum atomic E-state index is 5.69. The van der Waals surface area contributed by atoms with Crippen molar-refractivity contribution in [2.24, 2.45) is 0 Å². The van der Waals surface area contributed by atoms with E-state index in [0.29, 0.717) is 17.9 Å². The lowest BCUT2D eigenvalue weighted by atomic mass is 10.1. The highest BCUT2D eigenvalue weighted by atomic mass is 16.7. The minimum Gasteiger partial charge on any atom is -0.493 e. The zero-order valence-electron chi connectivity index (χ0n) is 12.0. The van der Waals surface area contributed by atoms with E-state index in [1.807, 2.05) is 12.1 Å². The molecule has 2 aliphatic rings. The van der Waals surface area contributed by atoms with Crippen LogP contribution in [0.2, 0.25) is 0 Å². The van der Waals surface area contributed by atoms with Gasteiger partial charge in [-0.1, -0.05) is 0 Å². The number of rotatable bonds is 5. The van der Waals surface area contributed by atoms with Gasteiger partial charge in [-0.15, -0.1) is 0 Å². The molecule has 3 rings (SSSR count). The average molecular weight is 279 g/mol. The Balaban J connectivity index is 1.65. The third-order valence-corrected chi connectivity index (χ3v) is 3.87. The molecule has 2 heterocycles. The number of hydrogen-bond acceptors (Lipinski definition) is 5. The van der Waals surface area contributed by atoms with Gasteiger partial charge in [0.15, 0.2) is 11.5 Å². The molecule has 0 aliphatic carbocycles. The van der Waals surface area contributed by atoms with Crippen LogP contribution >= 0.6 is 0 Å². The van der Waals surface area contributed by atoms with Gasteiger partial charge < -0.3 is 24.3 Å². The highest BCUT2D eigenvalue weighted by Gasteiger charge is 2.23. The molecular formula is C15H21NO4. The minimum absolute atomic E-state index is 0.259. The van der Waals surface area contributed by atoms with Crippen molar-refractivity contribution in [1.29, 1.82) is 0 Å². The van der Waals surface area contributed by atoms with Crippen LogP contribution in [0.4, 0.5) is 0 Å². The van der Waals surface area contributed by atoms with Crippen LogP contribution in [0.25, 0.3) is 0 Å². The molecule has 0 bridgehead atoms. The maximum Gasteiger partial charge on any atom is 0.231 e. The second-order valence-corrected chi connectivity index (χ2v) is 5.25.